The third kappa shape index (κ3) is 2.63. The maximum absolute atomic E-state index is 12.5. The van der Waals surface area contributed by atoms with E-state index >= 15 is 0 Å². The number of rotatable bonds is 3. The minimum atomic E-state index is -0.0523. The van der Waals surface area contributed by atoms with Crippen molar-refractivity contribution >= 4 is 11.6 Å². The number of carbonyl (C=O) groups is 1. The lowest BCUT2D eigenvalue weighted by atomic mass is 9.67. The third-order valence-corrected chi connectivity index (χ3v) is 5.76. The van der Waals surface area contributed by atoms with Gasteiger partial charge in [0.1, 0.15) is 0 Å². The molecule has 0 radical (unpaired) electrons. The van der Waals surface area contributed by atoms with E-state index < -0.39 is 0 Å². The van der Waals surface area contributed by atoms with E-state index in [2.05, 4.69) is 27.1 Å². The van der Waals surface area contributed by atoms with Crippen molar-refractivity contribution in [3.05, 3.63) is 42.0 Å². The second-order valence-corrected chi connectivity index (χ2v) is 7.31. The van der Waals surface area contributed by atoms with E-state index in [-0.39, 0.29) is 11.9 Å². The summed E-state index contributed by atoms with van der Waals surface area (Å²) < 4.78 is 2.06. The average Bonchev–Trinajstić information content (AvgIpc) is 3.14. The molecule has 1 saturated heterocycles. The summed E-state index contributed by atoms with van der Waals surface area (Å²) in [7, 11) is 0. The van der Waals surface area contributed by atoms with Crippen LogP contribution in [0.1, 0.15) is 37.1 Å². The molecule has 24 heavy (non-hydrogen) atoms. The van der Waals surface area contributed by atoms with Gasteiger partial charge in [-0.25, -0.2) is 4.98 Å². The number of hydrogen-bond acceptors (Lipinski definition) is 3. The Balaban J connectivity index is 1.42. The van der Waals surface area contributed by atoms with Crippen molar-refractivity contribution in [2.24, 2.45) is 5.41 Å². The molecule has 2 fully saturated rings. The van der Waals surface area contributed by atoms with Crippen molar-refractivity contribution in [2.45, 2.75) is 45.6 Å². The maximum Gasteiger partial charge on any atom is 0.241 e. The molecule has 0 bridgehead atoms. The molecule has 2 N–H and O–H groups in total. The Morgan fingerprint density at radius 3 is 2.58 bits per heavy atom. The van der Waals surface area contributed by atoms with Gasteiger partial charge < -0.3 is 15.2 Å². The van der Waals surface area contributed by atoms with E-state index in [9.17, 15) is 4.79 Å². The van der Waals surface area contributed by atoms with Gasteiger partial charge in [0.15, 0.2) is 0 Å². The van der Waals surface area contributed by atoms with Gasteiger partial charge in [0.2, 0.25) is 5.91 Å². The monoisotopic (exact) mass is 324 g/mol. The van der Waals surface area contributed by atoms with E-state index in [1.807, 2.05) is 37.5 Å². The molecule has 5 heteroatoms. The zero-order chi connectivity index (χ0) is 16.7. The number of nitrogens with one attached hydrogen (secondary N) is 2. The van der Waals surface area contributed by atoms with E-state index in [1.54, 1.807) is 0 Å². The Bertz CT molecular complexity index is 758. The van der Waals surface area contributed by atoms with Crippen LogP contribution in [-0.2, 0) is 4.79 Å². The molecule has 2 aromatic rings. The fraction of sp³-hybridized carbons (Fsp3) is 0.474. The number of hydrogen-bond donors (Lipinski definition) is 2. The first-order chi connectivity index (χ1) is 11.6. The molecule has 1 atom stereocenters. The highest BCUT2D eigenvalue weighted by molar-refractivity contribution is 5.95. The molecule has 4 rings (SSSR count). The lowest BCUT2D eigenvalue weighted by Crippen LogP contribution is -2.35. The van der Waals surface area contributed by atoms with Crippen LogP contribution < -0.4 is 10.6 Å². The highest BCUT2D eigenvalue weighted by atomic mass is 16.2. The molecule has 1 aromatic carbocycles. The van der Waals surface area contributed by atoms with Crippen LogP contribution in [-0.4, -0.2) is 28.0 Å². The predicted octanol–water partition coefficient (Wildman–Crippen LogP) is 2.96. The van der Waals surface area contributed by atoms with Crippen molar-refractivity contribution in [1.82, 2.24) is 14.9 Å². The largest absolute Gasteiger partial charge is 0.325 e. The van der Waals surface area contributed by atoms with Crippen molar-refractivity contribution in [1.29, 1.82) is 0 Å². The van der Waals surface area contributed by atoms with E-state index in [0.29, 0.717) is 5.41 Å². The second kappa shape index (κ2) is 5.74. The summed E-state index contributed by atoms with van der Waals surface area (Å²) in [5.74, 6) is 0.0844. The number of anilines is 1. The van der Waals surface area contributed by atoms with Gasteiger partial charge in [0.05, 0.1) is 18.1 Å². The van der Waals surface area contributed by atoms with Crippen molar-refractivity contribution in [3.8, 4) is 5.69 Å². The van der Waals surface area contributed by atoms with Crippen LogP contribution >= 0.6 is 0 Å². The minimum Gasteiger partial charge on any atom is -0.325 e. The molecule has 2 aliphatic rings. The first kappa shape index (κ1) is 15.4. The maximum atomic E-state index is 12.5. The summed E-state index contributed by atoms with van der Waals surface area (Å²) in [5.41, 5.74) is 4.47. The first-order valence-corrected chi connectivity index (χ1v) is 8.72. The standard InChI is InChI=1S/C19H24N4O/c1-13-14(2)23(12-21-13)16-6-4-15(5-7-16)22-18(24)17-10-19(11-20-17)8-3-9-19/h4-7,12,17,20H,3,8-11H2,1-2H3,(H,22,24). The molecule has 126 valence electrons. The number of aromatic nitrogens is 2. The molecule has 1 spiro atoms. The van der Waals surface area contributed by atoms with Crippen LogP contribution in [0.3, 0.4) is 0 Å². The fourth-order valence-electron chi connectivity index (χ4n) is 3.85. The highest BCUT2D eigenvalue weighted by Gasteiger charge is 2.45. The topological polar surface area (TPSA) is 59.0 Å². The highest BCUT2D eigenvalue weighted by Crippen LogP contribution is 2.47. The summed E-state index contributed by atoms with van der Waals surface area (Å²) in [5, 5.41) is 6.43. The summed E-state index contributed by atoms with van der Waals surface area (Å²) in [4.78, 5) is 16.8. The molecule has 1 saturated carbocycles. The number of imidazole rings is 1. The predicted molar refractivity (Wildman–Crippen MR) is 94.4 cm³/mol. The Morgan fingerprint density at radius 1 is 1.29 bits per heavy atom. The van der Waals surface area contributed by atoms with Gasteiger partial charge in [-0.05, 0) is 62.8 Å². The molecule has 2 heterocycles. The molecular weight excluding hydrogens is 300 g/mol. The summed E-state index contributed by atoms with van der Waals surface area (Å²) in [6.07, 6.45) is 6.65. The van der Waals surface area contributed by atoms with Gasteiger partial charge in [-0.3, -0.25) is 4.79 Å². The molecule has 1 aliphatic heterocycles. The van der Waals surface area contributed by atoms with Gasteiger partial charge >= 0.3 is 0 Å². The molecule has 1 amide bonds. The van der Waals surface area contributed by atoms with Gasteiger partial charge in [-0.1, -0.05) is 6.42 Å². The zero-order valence-corrected chi connectivity index (χ0v) is 14.3. The Morgan fingerprint density at radius 2 is 2.04 bits per heavy atom. The van der Waals surface area contributed by atoms with E-state index in [4.69, 9.17) is 0 Å². The first-order valence-electron chi connectivity index (χ1n) is 8.72. The molecule has 1 unspecified atom stereocenters. The van der Waals surface area contributed by atoms with Crippen LogP contribution in [0.25, 0.3) is 5.69 Å². The number of benzene rings is 1. The summed E-state index contributed by atoms with van der Waals surface area (Å²) >= 11 is 0. The van der Waals surface area contributed by atoms with Gasteiger partial charge in [-0.15, -0.1) is 0 Å². The molecule has 1 aromatic heterocycles. The van der Waals surface area contributed by atoms with Crippen LogP contribution in [0.15, 0.2) is 30.6 Å². The Kier molecular flexibility index (Phi) is 3.68. The smallest absolute Gasteiger partial charge is 0.241 e. The number of aryl methyl sites for hydroxylation is 1. The van der Waals surface area contributed by atoms with Crippen LogP contribution in [0.2, 0.25) is 0 Å². The minimum absolute atomic E-state index is 0.0523. The number of nitrogens with zero attached hydrogens (tertiary/aromatic N) is 2. The Labute approximate surface area is 142 Å². The summed E-state index contributed by atoms with van der Waals surface area (Å²) in [6.45, 7) is 5.05. The lowest BCUT2D eigenvalue weighted by Gasteiger charge is -2.37. The zero-order valence-electron chi connectivity index (χ0n) is 14.3. The van der Waals surface area contributed by atoms with Crippen LogP contribution in [0.5, 0.6) is 0 Å². The fourth-order valence-corrected chi connectivity index (χ4v) is 3.85. The average molecular weight is 324 g/mol. The molecular formula is C19H24N4O. The van der Waals surface area contributed by atoms with Crippen LogP contribution in [0.4, 0.5) is 5.69 Å². The van der Waals surface area contributed by atoms with Gasteiger partial charge in [0.25, 0.3) is 0 Å². The molecule has 5 nitrogen and oxygen atoms in total. The lowest BCUT2D eigenvalue weighted by molar-refractivity contribution is -0.118. The summed E-state index contributed by atoms with van der Waals surface area (Å²) in [6, 6.07) is 7.88. The Hall–Kier alpha value is -2.14. The third-order valence-electron chi connectivity index (χ3n) is 5.76. The van der Waals surface area contributed by atoms with E-state index in [1.165, 1.54) is 19.3 Å². The van der Waals surface area contributed by atoms with Crippen molar-refractivity contribution < 1.29 is 4.79 Å². The number of carbonyl (C=O) groups excluding carboxylic acids is 1. The van der Waals surface area contributed by atoms with Gasteiger partial charge in [0, 0.05) is 23.6 Å². The van der Waals surface area contributed by atoms with E-state index in [0.717, 1.165) is 35.7 Å². The molecule has 1 aliphatic carbocycles. The van der Waals surface area contributed by atoms with Crippen molar-refractivity contribution in [2.75, 3.05) is 11.9 Å². The van der Waals surface area contributed by atoms with Crippen molar-refractivity contribution in [3.63, 3.8) is 0 Å². The normalized spacial score (nSPS) is 21.7. The van der Waals surface area contributed by atoms with Gasteiger partial charge in [-0.2, -0.15) is 0 Å². The second-order valence-electron chi connectivity index (χ2n) is 7.31. The number of amides is 1. The quantitative estimate of drug-likeness (QED) is 0.912. The SMILES string of the molecule is Cc1ncn(-c2ccc(NC(=O)C3CC4(CCC4)CN3)cc2)c1C. The van der Waals surface area contributed by atoms with Crippen LogP contribution in [0, 0.1) is 19.3 Å².